The van der Waals surface area contributed by atoms with Gasteiger partial charge in [-0.3, -0.25) is 0 Å². The van der Waals surface area contributed by atoms with Crippen LogP contribution >= 0.6 is 11.8 Å². The number of nitrogens with one attached hydrogen (secondary N) is 3. The molecule has 0 amide bonds. The van der Waals surface area contributed by atoms with Crippen LogP contribution in [-0.2, 0) is 0 Å². The van der Waals surface area contributed by atoms with Crippen molar-refractivity contribution in [1.29, 1.82) is 0 Å². The Morgan fingerprint density at radius 1 is 1.43 bits per heavy atom. The second kappa shape index (κ2) is 3.66. The van der Waals surface area contributed by atoms with Crippen molar-refractivity contribution in [3.63, 3.8) is 0 Å². The van der Waals surface area contributed by atoms with Gasteiger partial charge in [-0.25, -0.2) is 10.9 Å². The minimum absolute atomic E-state index is 0.252. The summed E-state index contributed by atoms with van der Waals surface area (Å²) in [5.74, 6) is 9.89. The summed E-state index contributed by atoms with van der Waals surface area (Å²) >= 11 is 5.00. The van der Waals surface area contributed by atoms with Crippen LogP contribution in [0.5, 0.6) is 0 Å². The minimum Gasteiger partial charge on any atom is -0.204 e. The van der Waals surface area contributed by atoms with Crippen molar-refractivity contribution in [3.05, 3.63) is 0 Å². The molecule has 0 rings (SSSR count). The predicted octanol–water partition coefficient (Wildman–Crippen LogP) is -3.50. The summed E-state index contributed by atoms with van der Waals surface area (Å²) in [6, 6.07) is 0. The van der Waals surface area contributed by atoms with E-state index in [2.05, 4.69) is 15.4 Å². The third-order valence-corrected chi connectivity index (χ3v) is 0.572. The van der Waals surface area contributed by atoms with Gasteiger partial charge in [-0.1, -0.05) is 0 Å². The molecular formula is CH7ClN5+. The monoisotopic (exact) mass is 124 g/mol. The van der Waals surface area contributed by atoms with Crippen LogP contribution in [-0.4, -0.2) is 5.96 Å². The van der Waals surface area contributed by atoms with E-state index in [-0.39, 0.29) is 5.96 Å². The fourth-order valence-corrected chi connectivity index (χ4v) is 0.205. The van der Waals surface area contributed by atoms with E-state index in [1.54, 1.807) is 0 Å². The second-order valence-electron chi connectivity index (χ2n) is 0.758. The van der Waals surface area contributed by atoms with Crippen LogP contribution in [0.1, 0.15) is 0 Å². The van der Waals surface area contributed by atoms with Gasteiger partial charge in [0.15, 0.2) is 0 Å². The lowest BCUT2D eigenvalue weighted by Crippen LogP contribution is -2.72. The molecule has 0 bridgehead atoms. The molecule has 0 aromatic carbocycles. The second-order valence-corrected chi connectivity index (χ2v) is 0.947. The summed E-state index contributed by atoms with van der Waals surface area (Å²) in [5, 5.41) is 0. The number of hydrazine groups is 2. The van der Waals surface area contributed by atoms with Gasteiger partial charge in [-0.05, 0) is 0 Å². The molecule has 7 heavy (non-hydrogen) atoms. The van der Waals surface area contributed by atoms with E-state index in [4.69, 9.17) is 23.5 Å². The molecule has 0 saturated carbocycles. The maximum atomic E-state index is 5.00. The van der Waals surface area contributed by atoms with E-state index in [0.29, 0.717) is 0 Å². The van der Waals surface area contributed by atoms with Crippen LogP contribution in [0.15, 0.2) is 0 Å². The molecule has 0 aromatic rings. The Labute approximate surface area is 45.8 Å². The van der Waals surface area contributed by atoms with Crippen molar-refractivity contribution in [2.24, 2.45) is 11.7 Å². The van der Waals surface area contributed by atoms with E-state index in [9.17, 15) is 0 Å². The molecule has 0 heterocycles. The van der Waals surface area contributed by atoms with Gasteiger partial charge in [0.25, 0.3) is 0 Å². The fraction of sp³-hybridized carbons (Fsp3) is 0. The molecule has 0 saturated heterocycles. The average molecular weight is 125 g/mol. The van der Waals surface area contributed by atoms with Gasteiger partial charge in [-0.15, -0.1) is 0 Å². The highest BCUT2D eigenvalue weighted by Crippen LogP contribution is 1.30. The van der Waals surface area contributed by atoms with Crippen LogP contribution in [0.2, 0.25) is 0 Å². The van der Waals surface area contributed by atoms with Crippen molar-refractivity contribution < 1.29 is 4.51 Å². The van der Waals surface area contributed by atoms with Crippen molar-refractivity contribution >= 4 is 17.7 Å². The molecule has 0 aliphatic heterocycles. The largest absolute Gasteiger partial charge is 0.394 e. The topological polar surface area (TPSA) is 90.1 Å². The zero-order valence-electron chi connectivity index (χ0n) is 3.53. The van der Waals surface area contributed by atoms with Crippen LogP contribution in [0.3, 0.4) is 0 Å². The van der Waals surface area contributed by atoms with Gasteiger partial charge in [0, 0.05) is 0 Å². The Balaban J connectivity index is 3.38. The Morgan fingerprint density at radius 2 is 1.86 bits per heavy atom. The standard InChI is InChI=1S/CH6ClN5/c2-5-1(6-3)7-4/h3-4H2,(H2,5,6,7)/p+1. The summed E-state index contributed by atoms with van der Waals surface area (Å²) in [6.45, 7) is 0. The predicted molar refractivity (Wildman–Crippen MR) is 26.5 cm³/mol. The first-order valence-electron chi connectivity index (χ1n) is 1.52. The van der Waals surface area contributed by atoms with Gasteiger partial charge >= 0.3 is 5.96 Å². The van der Waals surface area contributed by atoms with Crippen molar-refractivity contribution in [2.75, 3.05) is 0 Å². The van der Waals surface area contributed by atoms with Crippen LogP contribution in [0, 0.1) is 0 Å². The average Bonchev–Trinajstić information content (AvgIpc) is 1.72. The molecule has 0 radical (unpaired) electrons. The Kier molecular flexibility index (Phi) is 3.39. The highest BCUT2D eigenvalue weighted by atomic mass is 35.5. The molecule has 7 N–H and O–H groups in total. The number of nitrogens with two attached hydrogens (primary N) is 2. The number of hydrogen-bond acceptors (Lipinski definition) is 2. The van der Waals surface area contributed by atoms with Gasteiger partial charge < -0.3 is 0 Å². The lowest BCUT2D eigenvalue weighted by atomic mass is 11.1. The molecular weight excluding hydrogens is 117 g/mol. The van der Waals surface area contributed by atoms with E-state index < -0.39 is 0 Å². The third kappa shape index (κ3) is 2.21. The first kappa shape index (κ1) is 6.48. The quantitative estimate of drug-likeness (QED) is 0.0762. The smallest absolute Gasteiger partial charge is 0.204 e. The van der Waals surface area contributed by atoms with Gasteiger partial charge in [0.1, 0.15) is 0 Å². The molecule has 0 atom stereocenters. The zero-order chi connectivity index (χ0) is 5.70. The molecule has 0 aliphatic rings. The Morgan fingerprint density at radius 3 is 1.86 bits per heavy atom. The van der Waals surface area contributed by atoms with Crippen LogP contribution < -0.4 is 27.0 Å². The molecule has 0 spiro atoms. The molecule has 0 aromatic heterocycles. The fourth-order valence-electron chi connectivity index (χ4n) is 0.0962. The van der Waals surface area contributed by atoms with Crippen molar-refractivity contribution in [1.82, 2.24) is 10.9 Å². The summed E-state index contributed by atoms with van der Waals surface area (Å²) < 4.78 is 2.12. The molecule has 0 aliphatic carbocycles. The molecule has 0 unspecified atom stereocenters. The summed E-state index contributed by atoms with van der Waals surface area (Å²) in [6.07, 6.45) is 0. The third-order valence-electron chi connectivity index (χ3n) is 0.383. The lowest BCUT2D eigenvalue weighted by molar-refractivity contribution is -0.279. The van der Waals surface area contributed by atoms with E-state index in [0.717, 1.165) is 0 Å². The van der Waals surface area contributed by atoms with Crippen LogP contribution in [0.4, 0.5) is 0 Å². The summed E-state index contributed by atoms with van der Waals surface area (Å²) in [5.41, 5.74) is 4.28. The van der Waals surface area contributed by atoms with Gasteiger partial charge in [0.2, 0.25) is 0 Å². The first-order valence-corrected chi connectivity index (χ1v) is 1.89. The van der Waals surface area contributed by atoms with Gasteiger partial charge in [0.05, 0.1) is 11.8 Å². The number of halogens is 1. The molecule has 0 fully saturated rings. The molecule has 6 heteroatoms. The lowest BCUT2D eigenvalue weighted by Gasteiger charge is -1.88. The van der Waals surface area contributed by atoms with E-state index in [1.807, 2.05) is 0 Å². The highest BCUT2D eigenvalue weighted by molar-refractivity contribution is 6.05. The summed E-state index contributed by atoms with van der Waals surface area (Å²) in [7, 11) is 0. The SMILES string of the molecule is NNC(NN)=[NH+]Cl. The normalized spacial score (nSPS) is 7.29. The summed E-state index contributed by atoms with van der Waals surface area (Å²) in [4.78, 5) is 0. The van der Waals surface area contributed by atoms with Crippen molar-refractivity contribution in [3.8, 4) is 0 Å². The first-order chi connectivity index (χ1) is 3.35. The van der Waals surface area contributed by atoms with Gasteiger partial charge in [-0.2, -0.15) is 16.2 Å². The zero-order valence-corrected chi connectivity index (χ0v) is 4.29. The maximum absolute atomic E-state index is 5.00. The minimum atomic E-state index is 0.252. The number of guanidine groups is 1. The Bertz CT molecular complexity index is 62.5. The number of hydrogen-bond donors (Lipinski definition) is 5. The molecule has 42 valence electrons. The highest BCUT2D eigenvalue weighted by Gasteiger charge is 1.93. The molecule has 5 nitrogen and oxygen atoms in total. The number of rotatable bonds is 0. The van der Waals surface area contributed by atoms with E-state index in [1.165, 1.54) is 0 Å². The Hall–Kier alpha value is -0.520. The maximum Gasteiger partial charge on any atom is 0.394 e. The van der Waals surface area contributed by atoms with E-state index >= 15 is 0 Å². The van der Waals surface area contributed by atoms with Crippen molar-refractivity contribution in [2.45, 2.75) is 0 Å². The van der Waals surface area contributed by atoms with Crippen LogP contribution in [0.25, 0.3) is 0 Å².